The number of aryl methyl sites for hydroxylation is 1. The summed E-state index contributed by atoms with van der Waals surface area (Å²) in [6.07, 6.45) is 3.93. The van der Waals surface area contributed by atoms with Gasteiger partial charge in [-0.2, -0.15) is 0 Å². The van der Waals surface area contributed by atoms with Crippen LogP contribution in [0.2, 0.25) is 0 Å². The lowest BCUT2D eigenvalue weighted by molar-refractivity contribution is 0.0948. The summed E-state index contributed by atoms with van der Waals surface area (Å²) in [5.74, 6) is -1.40. The van der Waals surface area contributed by atoms with Gasteiger partial charge in [0.2, 0.25) is 0 Å². The van der Waals surface area contributed by atoms with Crippen molar-refractivity contribution < 1.29 is 17.6 Å². The standard InChI is InChI=1S/C14H19ClFNO3S/c1-3-4-5-6-7-17-14(18)11-9-13(21(15,19)20)10(2)8-12(11)16/h8-9H,3-7H2,1-2H3,(H,17,18). The van der Waals surface area contributed by atoms with Crippen LogP contribution in [0.1, 0.15) is 48.5 Å². The highest BCUT2D eigenvalue weighted by Gasteiger charge is 2.20. The molecule has 0 saturated heterocycles. The number of nitrogens with one attached hydrogen (secondary N) is 1. The molecule has 0 radical (unpaired) electrons. The van der Waals surface area contributed by atoms with Crippen molar-refractivity contribution in [2.24, 2.45) is 0 Å². The van der Waals surface area contributed by atoms with E-state index in [1.54, 1.807) is 0 Å². The Morgan fingerprint density at radius 2 is 1.95 bits per heavy atom. The summed E-state index contributed by atoms with van der Waals surface area (Å²) in [5, 5.41) is 2.58. The summed E-state index contributed by atoms with van der Waals surface area (Å²) in [6, 6.07) is 1.98. The fraction of sp³-hybridized carbons (Fsp3) is 0.500. The van der Waals surface area contributed by atoms with Gasteiger partial charge in [-0.1, -0.05) is 26.2 Å². The number of rotatable bonds is 7. The molecule has 0 aromatic heterocycles. The SMILES string of the molecule is CCCCCCNC(=O)c1cc(S(=O)(=O)Cl)c(C)cc1F. The Hall–Kier alpha value is -1.14. The second kappa shape index (κ2) is 7.75. The predicted octanol–water partition coefficient (Wildman–Crippen LogP) is 3.37. The molecule has 0 heterocycles. The Labute approximate surface area is 129 Å². The zero-order chi connectivity index (χ0) is 16.0. The van der Waals surface area contributed by atoms with Gasteiger partial charge < -0.3 is 5.32 Å². The molecular weight excluding hydrogens is 317 g/mol. The molecule has 0 aliphatic heterocycles. The maximum Gasteiger partial charge on any atom is 0.261 e. The largest absolute Gasteiger partial charge is 0.352 e. The number of unbranched alkanes of at least 4 members (excludes halogenated alkanes) is 3. The Morgan fingerprint density at radius 3 is 2.52 bits per heavy atom. The molecule has 118 valence electrons. The van der Waals surface area contributed by atoms with E-state index >= 15 is 0 Å². The van der Waals surface area contributed by atoms with Crippen molar-refractivity contribution in [1.29, 1.82) is 0 Å². The highest BCUT2D eigenvalue weighted by molar-refractivity contribution is 8.13. The summed E-state index contributed by atoms with van der Waals surface area (Å²) in [7, 11) is 1.26. The summed E-state index contributed by atoms with van der Waals surface area (Å²) < 4.78 is 36.6. The molecule has 1 rings (SSSR count). The Balaban J connectivity index is 2.85. The summed E-state index contributed by atoms with van der Waals surface area (Å²) in [6.45, 7) is 3.92. The molecule has 0 spiro atoms. The normalized spacial score (nSPS) is 11.4. The number of halogens is 2. The molecule has 1 amide bonds. The zero-order valence-electron chi connectivity index (χ0n) is 12.1. The lowest BCUT2D eigenvalue weighted by atomic mass is 10.1. The van der Waals surface area contributed by atoms with E-state index in [1.165, 1.54) is 6.92 Å². The van der Waals surface area contributed by atoms with Crippen LogP contribution in [0.5, 0.6) is 0 Å². The molecule has 1 aromatic carbocycles. The van der Waals surface area contributed by atoms with E-state index in [1.807, 2.05) is 0 Å². The highest BCUT2D eigenvalue weighted by atomic mass is 35.7. The first-order chi connectivity index (χ1) is 9.77. The molecule has 0 atom stereocenters. The smallest absolute Gasteiger partial charge is 0.261 e. The average Bonchev–Trinajstić information content (AvgIpc) is 2.36. The molecule has 7 heteroatoms. The van der Waals surface area contributed by atoms with Gasteiger partial charge in [-0.25, -0.2) is 12.8 Å². The van der Waals surface area contributed by atoms with Gasteiger partial charge in [-0.15, -0.1) is 0 Å². The van der Waals surface area contributed by atoms with E-state index < -0.39 is 20.8 Å². The van der Waals surface area contributed by atoms with Crippen LogP contribution in [0.15, 0.2) is 17.0 Å². The van der Waals surface area contributed by atoms with Gasteiger partial charge in [0.25, 0.3) is 15.0 Å². The van der Waals surface area contributed by atoms with Crippen molar-refractivity contribution in [2.75, 3.05) is 6.54 Å². The Kier molecular flexibility index (Phi) is 6.61. The van der Waals surface area contributed by atoms with Crippen LogP contribution in [-0.4, -0.2) is 20.9 Å². The molecule has 0 unspecified atom stereocenters. The quantitative estimate of drug-likeness (QED) is 0.613. The van der Waals surface area contributed by atoms with Gasteiger partial charge in [0.15, 0.2) is 0 Å². The van der Waals surface area contributed by atoms with E-state index in [2.05, 4.69) is 12.2 Å². The summed E-state index contributed by atoms with van der Waals surface area (Å²) >= 11 is 0. The minimum absolute atomic E-state index is 0.169. The van der Waals surface area contributed by atoms with E-state index in [9.17, 15) is 17.6 Å². The molecule has 21 heavy (non-hydrogen) atoms. The summed E-state index contributed by atoms with van der Waals surface area (Å²) in [5.41, 5.74) is -0.141. The monoisotopic (exact) mass is 335 g/mol. The second-order valence-corrected chi connectivity index (χ2v) is 7.39. The van der Waals surface area contributed by atoms with E-state index in [4.69, 9.17) is 10.7 Å². The zero-order valence-corrected chi connectivity index (χ0v) is 13.7. The molecule has 0 fully saturated rings. The first kappa shape index (κ1) is 17.9. The van der Waals surface area contributed by atoms with E-state index in [-0.39, 0.29) is 16.0 Å². The number of carbonyl (C=O) groups excluding carboxylic acids is 1. The van der Waals surface area contributed by atoms with Crippen molar-refractivity contribution in [3.63, 3.8) is 0 Å². The lowest BCUT2D eigenvalue weighted by Crippen LogP contribution is -2.25. The molecule has 0 bridgehead atoms. The van der Waals surface area contributed by atoms with Crippen molar-refractivity contribution in [2.45, 2.75) is 44.4 Å². The van der Waals surface area contributed by atoms with Crippen molar-refractivity contribution >= 4 is 25.6 Å². The van der Waals surface area contributed by atoms with E-state index in [0.29, 0.717) is 6.54 Å². The first-order valence-corrected chi connectivity index (χ1v) is 9.11. The second-order valence-electron chi connectivity index (χ2n) is 4.85. The van der Waals surface area contributed by atoms with Crippen LogP contribution in [0, 0.1) is 12.7 Å². The molecule has 0 aliphatic carbocycles. The van der Waals surface area contributed by atoms with Crippen LogP contribution < -0.4 is 5.32 Å². The topological polar surface area (TPSA) is 63.2 Å². The fourth-order valence-electron chi connectivity index (χ4n) is 1.94. The predicted molar refractivity (Wildman–Crippen MR) is 80.7 cm³/mol. The minimum atomic E-state index is -4.01. The molecular formula is C14H19ClFNO3S. The average molecular weight is 336 g/mol. The number of carbonyl (C=O) groups is 1. The van der Waals surface area contributed by atoms with Gasteiger partial charge in [-0.3, -0.25) is 4.79 Å². The van der Waals surface area contributed by atoms with Crippen molar-refractivity contribution in [3.8, 4) is 0 Å². The number of hydrogen-bond acceptors (Lipinski definition) is 3. The van der Waals surface area contributed by atoms with Gasteiger partial charge >= 0.3 is 0 Å². The molecule has 1 N–H and O–H groups in total. The maximum absolute atomic E-state index is 13.8. The van der Waals surface area contributed by atoms with Gasteiger partial charge in [0, 0.05) is 17.2 Å². The maximum atomic E-state index is 13.8. The number of benzene rings is 1. The molecule has 1 aromatic rings. The third kappa shape index (κ3) is 5.28. The number of hydrogen-bond donors (Lipinski definition) is 1. The van der Waals surface area contributed by atoms with Gasteiger partial charge in [0.05, 0.1) is 10.5 Å². The molecule has 4 nitrogen and oxygen atoms in total. The number of amides is 1. The molecule has 0 aliphatic rings. The summed E-state index contributed by atoms with van der Waals surface area (Å²) in [4.78, 5) is 11.7. The van der Waals surface area contributed by atoms with Crippen LogP contribution in [-0.2, 0) is 9.05 Å². The van der Waals surface area contributed by atoms with E-state index in [0.717, 1.165) is 37.8 Å². The molecule has 0 saturated carbocycles. The Bertz CT molecular complexity index is 617. The minimum Gasteiger partial charge on any atom is -0.352 e. The van der Waals surface area contributed by atoms with Crippen molar-refractivity contribution in [3.05, 3.63) is 29.1 Å². The van der Waals surface area contributed by atoms with Crippen LogP contribution in [0.4, 0.5) is 4.39 Å². The fourth-order valence-corrected chi connectivity index (χ4v) is 3.14. The van der Waals surface area contributed by atoms with Crippen LogP contribution >= 0.6 is 10.7 Å². The van der Waals surface area contributed by atoms with Crippen LogP contribution in [0.25, 0.3) is 0 Å². The third-order valence-electron chi connectivity index (χ3n) is 3.09. The third-order valence-corrected chi connectivity index (χ3v) is 4.55. The van der Waals surface area contributed by atoms with Crippen molar-refractivity contribution in [1.82, 2.24) is 5.32 Å². The van der Waals surface area contributed by atoms with Gasteiger partial charge in [0.1, 0.15) is 5.82 Å². The van der Waals surface area contributed by atoms with Crippen LogP contribution in [0.3, 0.4) is 0 Å². The lowest BCUT2D eigenvalue weighted by Gasteiger charge is -2.09. The first-order valence-electron chi connectivity index (χ1n) is 6.80. The highest BCUT2D eigenvalue weighted by Crippen LogP contribution is 2.23. The van der Waals surface area contributed by atoms with Gasteiger partial charge in [-0.05, 0) is 31.0 Å². The Morgan fingerprint density at radius 1 is 1.29 bits per heavy atom.